The molecule has 0 aromatic rings. The van der Waals surface area contributed by atoms with Crippen molar-refractivity contribution in [1.82, 2.24) is 5.32 Å². The molecule has 0 saturated carbocycles. The average molecular weight is 215 g/mol. The number of ether oxygens (including phenoxy) is 1. The van der Waals surface area contributed by atoms with E-state index in [-0.39, 0.29) is 24.7 Å². The van der Waals surface area contributed by atoms with Gasteiger partial charge in [0.2, 0.25) is 5.91 Å². The molecule has 1 fully saturated rings. The third-order valence-electron chi connectivity index (χ3n) is 3.07. The Balaban J connectivity index is 0.00000225. The Morgan fingerprint density at radius 2 is 2.27 bits per heavy atom. The minimum Gasteiger partial charge on any atom is -0.381 e. The van der Waals surface area contributed by atoms with Crippen LogP contribution in [0.4, 0.5) is 0 Å². The van der Waals surface area contributed by atoms with Crippen molar-refractivity contribution in [3.8, 4) is 0 Å². The first-order valence-electron chi connectivity index (χ1n) is 5.83. The van der Waals surface area contributed by atoms with Gasteiger partial charge < -0.3 is 10.1 Å². The molecule has 1 rings (SSSR count). The molecule has 0 aliphatic carbocycles. The summed E-state index contributed by atoms with van der Waals surface area (Å²) in [6.45, 7) is 9.91. The van der Waals surface area contributed by atoms with E-state index in [1.54, 1.807) is 0 Å². The van der Waals surface area contributed by atoms with E-state index in [1.165, 1.54) is 0 Å². The lowest BCUT2D eigenvalue weighted by Gasteiger charge is -2.31. The fourth-order valence-electron chi connectivity index (χ4n) is 1.96. The van der Waals surface area contributed by atoms with Crippen molar-refractivity contribution in [2.45, 2.75) is 46.6 Å². The summed E-state index contributed by atoms with van der Waals surface area (Å²) < 4.78 is 5.22. The first kappa shape index (κ1) is 12.5. The molecule has 0 aromatic carbocycles. The van der Waals surface area contributed by atoms with Gasteiger partial charge >= 0.3 is 0 Å². The molecule has 0 spiro atoms. The lowest BCUT2D eigenvalue weighted by molar-refractivity contribution is -0.126. The minimum atomic E-state index is 0. The molecule has 15 heavy (non-hydrogen) atoms. The molecule has 0 aromatic heterocycles. The smallest absolute Gasteiger partial charge is 0.225 e. The van der Waals surface area contributed by atoms with E-state index < -0.39 is 0 Å². The molecule has 1 aliphatic rings. The van der Waals surface area contributed by atoms with Crippen molar-refractivity contribution in [3.05, 3.63) is 0 Å². The van der Waals surface area contributed by atoms with Gasteiger partial charge in [0.15, 0.2) is 0 Å². The Bertz CT molecular complexity index is 220. The van der Waals surface area contributed by atoms with Crippen LogP contribution in [0.1, 0.15) is 42.0 Å². The summed E-state index contributed by atoms with van der Waals surface area (Å²) in [5, 5.41) is 3.13. The van der Waals surface area contributed by atoms with Gasteiger partial charge in [0, 0.05) is 14.1 Å². The summed E-state index contributed by atoms with van der Waals surface area (Å²) in [4.78, 5) is 11.9. The second kappa shape index (κ2) is 4.97. The number of amides is 1. The number of hydrogen-bond donors (Lipinski definition) is 1. The molecule has 0 bridgehead atoms. The lowest BCUT2D eigenvalue weighted by atomic mass is 9.85. The van der Waals surface area contributed by atoms with E-state index in [1.807, 2.05) is 0 Å². The van der Waals surface area contributed by atoms with Crippen molar-refractivity contribution >= 4 is 5.91 Å². The van der Waals surface area contributed by atoms with E-state index in [2.05, 4.69) is 33.0 Å². The SMILES string of the molecule is CCC(NC(=O)[C@@H]1CCOC1)C(C)(C)C.[HH]. The van der Waals surface area contributed by atoms with Crippen LogP contribution in [0, 0.1) is 11.3 Å². The molecular formula is C12H25NO2. The maximum Gasteiger partial charge on any atom is 0.225 e. The second-order valence-corrected chi connectivity index (χ2v) is 5.40. The maximum absolute atomic E-state index is 11.9. The zero-order chi connectivity index (χ0) is 11.5. The van der Waals surface area contributed by atoms with Crippen LogP contribution in [0.3, 0.4) is 0 Å². The molecule has 1 aliphatic heterocycles. The standard InChI is InChI=1S/C12H23NO2.H2/c1-5-10(12(2,3)4)13-11(14)9-6-7-15-8-9;/h9-10H,5-8H2,1-4H3,(H,13,14);1H/t9-,10?;/m1./s1. The third-order valence-corrected chi connectivity index (χ3v) is 3.07. The number of nitrogens with one attached hydrogen (secondary N) is 1. The number of hydrogen-bond acceptors (Lipinski definition) is 2. The van der Waals surface area contributed by atoms with Crippen molar-refractivity contribution in [2.24, 2.45) is 11.3 Å². The van der Waals surface area contributed by atoms with Gasteiger partial charge in [-0.2, -0.15) is 0 Å². The van der Waals surface area contributed by atoms with Gasteiger partial charge in [-0.3, -0.25) is 4.79 Å². The van der Waals surface area contributed by atoms with Crippen LogP contribution in [0.2, 0.25) is 0 Å². The van der Waals surface area contributed by atoms with Gasteiger partial charge in [0.25, 0.3) is 0 Å². The van der Waals surface area contributed by atoms with Gasteiger partial charge in [-0.25, -0.2) is 0 Å². The van der Waals surface area contributed by atoms with Gasteiger partial charge in [-0.05, 0) is 18.3 Å². The molecule has 1 unspecified atom stereocenters. The summed E-state index contributed by atoms with van der Waals surface area (Å²) in [6.07, 6.45) is 1.84. The predicted molar refractivity (Wildman–Crippen MR) is 62.7 cm³/mol. The predicted octanol–water partition coefficient (Wildman–Crippen LogP) is 2.21. The average Bonchev–Trinajstić information content (AvgIpc) is 2.64. The Kier molecular flexibility index (Phi) is 4.14. The zero-order valence-corrected chi connectivity index (χ0v) is 10.3. The minimum absolute atomic E-state index is 0. The number of carbonyl (C=O) groups is 1. The summed E-state index contributed by atoms with van der Waals surface area (Å²) in [6, 6.07) is 0.255. The Morgan fingerprint density at radius 1 is 1.60 bits per heavy atom. The first-order valence-corrected chi connectivity index (χ1v) is 5.83. The van der Waals surface area contributed by atoms with Gasteiger partial charge in [-0.1, -0.05) is 27.7 Å². The molecule has 3 heteroatoms. The highest BCUT2D eigenvalue weighted by Gasteiger charge is 2.29. The van der Waals surface area contributed by atoms with Gasteiger partial charge in [0.05, 0.1) is 12.5 Å². The van der Waals surface area contributed by atoms with Crippen LogP contribution in [-0.4, -0.2) is 25.2 Å². The van der Waals surface area contributed by atoms with Crippen LogP contribution < -0.4 is 5.32 Å². The zero-order valence-electron chi connectivity index (χ0n) is 10.3. The van der Waals surface area contributed by atoms with Crippen LogP contribution in [0.5, 0.6) is 0 Å². The Hall–Kier alpha value is -0.570. The van der Waals surface area contributed by atoms with Crippen molar-refractivity contribution < 1.29 is 11.0 Å². The fourth-order valence-corrected chi connectivity index (χ4v) is 1.96. The highest BCUT2D eigenvalue weighted by atomic mass is 16.5. The van der Waals surface area contributed by atoms with Gasteiger partial charge in [-0.15, -0.1) is 0 Å². The maximum atomic E-state index is 11.9. The van der Waals surface area contributed by atoms with Crippen LogP contribution in [-0.2, 0) is 9.53 Å². The van der Waals surface area contributed by atoms with Gasteiger partial charge in [0.1, 0.15) is 0 Å². The molecule has 1 saturated heterocycles. The van der Waals surface area contributed by atoms with Crippen molar-refractivity contribution in [2.75, 3.05) is 13.2 Å². The number of rotatable bonds is 3. The molecule has 0 radical (unpaired) electrons. The van der Waals surface area contributed by atoms with E-state index in [0.717, 1.165) is 19.4 Å². The Morgan fingerprint density at radius 3 is 2.67 bits per heavy atom. The molecule has 1 N–H and O–H groups in total. The largest absolute Gasteiger partial charge is 0.381 e. The highest BCUT2D eigenvalue weighted by molar-refractivity contribution is 5.79. The number of carbonyl (C=O) groups excluding carboxylic acids is 1. The summed E-state index contributed by atoms with van der Waals surface area (Å²) in [5.41, 5.74) is 0.129. The topological polar surface area (TPSA) is 38.3 Å². The lowest BCUT2D eigenvalue weighted by Crippen LogP contribution is -2.45. The fraction of sp³-hybridized carbons (Fsp3) is 0.917. The molecule has 1 heterocycles. The van der Waals surface area contributed by atoms with E-state index >= 15 is 0 Å². The Labute approximate surface area is 94.1 Å². The monoisotopic (exact) mass is 215 g/mol. The molecular weight excluding hydrogens is 190 g/mol. The van der Waals surface area contributed by atoms with E-state index in [9.17, 15) is 4.79 Å². The van der Waals surface area contributed by atoms with Crippen LogP contribution in [0.15, 0.2) is 0 Å². The molecule has 2 atom stereocenters. The summed E-state index contributed by atoms with van der Waals surface area (Å²) >= 11 is 0. The van der Waals surface area contributed by atoms with Crippen LogP contribution in [0.25, 0.3) is 0 Å². The third kappa shape index (κ3) is 3.49. The van der Waals surface area contributed by atoms with E-state index in [0.29, 0.717) is 6.61 Å². The molecule has 90 valence electrons. The first-order chi connectivity index (χ1) is 6.95. The van der Waals surface area contributed by atoms with E-state index in [4.69, 9.17) is 4.74 Å². The molecule has 1 amide bonds. The summed E-state index contributed by atoms with van der Waals surface area (Å²) in [5.74, 6) is 0.232. The summed E-state index contributed by atoms with van der Waals surface area (Å²) in [7, 11) is 0. The quantitative estimate of drug-likeness (QED) is 0.784. The highest BCUT2D eigenvalue weighted by Crippen LogP contribution is 2.22. The normalized spacial score (nSPS) is 23.9. The van der Waals surface area contributed by atoms with Crippen LogP contribution >= 0.6 is 0 Å². The van der Waals surface area contributed by atoms with Crippen molar-refractivity contribution in [1.29, 1.82) is 0 Å². The second-order valence-electron chi connectivity index (χ2n) is 5.40. The van der Waals surface area contributed by atoms with Crippen molar-refractivity contribution in [3.63, 3.8) is 0 Å². The molecule has 3 nitrogen and oxygen atoms in total.